The molecule has 3 rings (SSSR count). The quantitative estimate of drug-likeness (QED) is 0.763. The molecule has 2 heterocycles. The Kier molecular flexibility index (Phi) is 4.74. The number of methoxy groups -OCH3 is 1. The van der Waals surface area contributed by atoms with Gasteiger partial charge < -0.3 is 9.64 Å². The highest BCUT2D eigenvalue weighted by Gasteiger charge is 2.31. The van der Waals surface area contributed by atoms with Crippen molar-refractivity contribution >= 4 is 33.7 Å². The fourth-order valence-corrected chi connectivity index (χ4v) is 4.58. The molecule has 1 aromatic carbocycles. The molecule has 22 heavy (non-hydrogen) atoms. The van der Waals surface area contributed by atoms with Crippen molar-refractivity contribution in [3.8, 4) is 5.75 Å². The zero-order valence-electron chi connectivity index (χ0n) is 13.0. The molecule has 1 aliphatic heterocycles. The van der Waals surface area contributed by atoms with Crippen molar-refractivity contribution in [2.45, 2.75) is 25.6 Å². The molecule has 3 nitrogen and oxygen atoms in total. The molecule has 2 unspecified atom stereocenters. The van der Waals surface area contributed by atoms with Gasteiger partial charge in [0.15, 0.2) is 0 Å². The summed E-state index contributed by atoms with van der Waals surface area (Å²) in [6.45, 7) is 4.57. The van der Waals surface area contributed by atoms with E-state index in [-0.39, 0.29) is 0 Å². The van der Waals surface area contributed by atoms with E-state index in [9.17, 15) is 0 Å². The summed E-state index contributed by atoms with van der Waals surface area (Å²) in [4.78, 5) is 9.14. The number of aromatic nitrogens is 1. The van der Waals surface area contributed by atoms with Crippen LogP contribution in [0.3, 0.4) is 0 Å². The third-order valence-corrected chi connectivity index (χ3v) is 6.40. The number of hydrogen-bond donors (Lipinski definition) is 0. The lowest BCUT2D eigenvalue weighted by atomic mass is 10.1. The molecule has 0 bridgehead atoms. The van der Waals surface area contributed by atoms with Crippen molar-refractivity contribution < 1.29 is 4.74 Å². The Morgan fingerprint density at radius 3 is 2.68 bits per heavy atom. The van der Waals surface area contributed by atoms with Crippen LogP contribution in [-0.2, 0) is 0 Å². The molecule has 0 spiro atoms. The molecule has 0 N–H and O–H groups in total. The smallest absolute Gasteiger partial charge is 0.119 e. The van der Waals surface area contributed by atoms with E-state index in [1.807, 2.05) is 35.6 Å². The topological polar surface area (TPSA) is 25.4 Å². The first kappa shape index (κ1) is 15.4. The summed E-state index contributed by atoms with van der Waals surface area (Å²) < 4.78 is 5.26. The van der Waals surface area contributed by atoms with Gasteiger partial charge in [0, 0.05) is 23.0 Å². The first-order valence-corrected chi connectivity index (χ1v) is 9.18. The maximum Gasteiger partial charge on any atom is 0.119 e. The van der Waals surface area contributed by atoms with Gasteiger partial charge in [-0.3, -0.25) is 4.98 Å². The highest BCUT2D eigenvalue weighted by molar-refractivity contribution is 8.09. The number of hydrogen-bond acceptors (Lipinski definition) is 5. The minimum atomic E-state index is 0.426. The molecule has 116 valence electrons. The summed E-state index contributed by atoms with van der Waals surface area (Å²) >= 11 is 3.64. The number of thioether (sulfide) groups is 1. The number of thiazole rings is 1. The lowest BCUT2D eigenvalue weighted by Crippen LogP contribution is -2.29. The zero-order chi connectivity index (χ0) is 15.5. The molecule has 0 saturated heterocycles. The fraction of sp³-hybridized carbons (Fsp3) is 0.353. The van der Waals surface area contributed by atoms with Crippen molar-refractivity contribution in [2.24, 2.45) is 5.92 Å². The summed E-state index contributed by atoms with van der Waals surface area (Å²) in [5.41, 5.74) is 3.10. The van der Waals surface area contributed by atoms with Crippen LogP contribution in [0.4, 0.5) is 5.69 Å². The molecule has 2 atom stereocenters. The van der Waals surface area contributed by atoms with Crippen LogP contribution in [0.5, 0.6) is 5.75 Å². The van der Waals surface area contributed by atoms with Gasteiger partial charge in [0.05, 0.1) is 22.9 Å². The summed E-state index contributed by atoms with van der Waals surface area (Å²) in [5, 5.41) is 0.426. The average Bonchev–Trinajstić information content (AvgIpc) is 3.23. The van der Waals surface area contributed by atoms with Gasteiger partial charge in [-0.1, -0.05) is 32.0 Å². The highest BCUT2D eigenvalue weighted by Crippen LogP contribution is 2.46. The van der Waals surface area contributed by atoms with Crippen molar-refractivity contribution in [3.05, 3.63) is 47.0 Å². The Morgan fingerprint density at radius 1 is 1.32 bits per heavy atom. The molecule has 2 aromatic rings. The minimum Gasteiger partial charge on any atom is -0.497 e. The Labute approximate surface area is 140 Å². The second-order valence-corrected chi connectivity index (χ2v) is 7.40. The van der Waals surface area contributed by atoms with Crippen molar-refractivity contribution in [1.82, 2.24) is 4.98 Å². The van der Waals surface area contributed by atoms with Gasteiger partial charge in [0.2, 0.25) is 0 Å². The van der Waals surface area contributed by atoms with Gasteiger partial charge in [-0.2, -0.15) is 0 Å². The molecule has 0 amide bonds. The normalized spacial score (nSPS) is 19.1. The van der Waals surface area contributed by atoms with Crippen molar-refractivity contribution in [1.29, 1.82) is 0 Å². The van der Waals surface area contributed by atoms with Crippen molar-refractivity contribution in [2.75, 3.05) is 12.0 Å². The Balaban J connectivity index is 1.92. The first-order valence-electron chi connectivity index (χ1n) is 7.42. The molecule has 0 fully saturated rings. The predicted octanol–water partition coefficient (Wildman–Crippen LogP) is 5.08. The van der Waals surface area contributed by atoms with Crippen LogP contribution in [0.15, 0.2) is 42.2 Å². The number of nitrogens with zero attached hydrogens (tertiary/aromatic N) is 2. The van der Waals surface area contributed by atoms with E-state index in [2.05, 4.69) is 42.1 Å². The first-order chi connectivity index (χ1) is 10.7. The van der Waals surface area contributed by atoms with Crippen molar-refractivity contribution in [3.63, 3.8) is 0 Å². The molecule has 5 heteroatoms. The van der Waals surface area contributed by atoms with E-state index in [1.165, 1.54) is 15.5 Å². The Hall–Kier alpha value is -1.46. The number of anilines is 1. The predicted molar refractivity (Wildman–Crippen MR) is 96.4 cm³/mol. The van der Waals surface area contributed by atoms with Crippen LogP contribution < -0.4 is 9.64 Å². The standard InChI is InChI=1S/C17H20N2OS2/c1-4-12(2)17-19(13-5-7-14(20-3)8-6-13)10-16(22-17)15-9-18-11-21-15/h5-12,17H,4H2,1-3H3. The van der Waals surface area contributed by atoms with E-state index in [1.54, 1.807) is 18.4 Å². The minimum absolute atomic E-state index is 0.426. The lowest BCUT2D eigenvalue weighted by molar-refractivity contribution is 0.415. The molecule has 1 aliphatic rings. The van der Waals surface area contributed by atoms with Gasteiger partial charge in [-0.15, -0.1) is 11.3 Å². The maximum absolute atomic E-state index is 5.26. The van der Waals surface area contributed by atoms with Gasteiger partial charge in [0.1, 0.15) is 5.75 Å². The van der Waals surface area contributed by atoms with Gasteiger partial charge in [0.25, 0.3) is 0 Å². The SMILES string of the molecule is CCC(C)C1SC(c2cncs2)=CN1c1ccc(OC)cc1. The van der Waals surface area contributed by atoms with Crippen LogP contribution in [0.2, 0.25) is 0 Å². The van der Waals surface area contributed by atoms with Crippen LogP contribution >= 0.6 is 23.1 Å². The van der Waals surface area contributed by atoms with Crippen LogP contribution in [-0.4, -0.2) is 17.5 Å². The van der Waals surface area contributed by atoms with E-state index >= 15 is 0 Å². The Morgan fingerprint density at radius 2 is 2.09 bits per heavy atom. The third kappa shape index (κ3) is 3.01. The zero-order valence-corrected chi connectivity index (χ0v) is 14.7. The molecular formula is C17H20N2OS2. The van der Waals surface area contributed by atoms with Crippen LogP contribution in [0.1, 0.15) is 25.1 Å². The number of benzene rings is 1. The monoisotopic (exact) mass is 332 g/mol. The summed E-state index contributed by atoms with van der Waals surface area (Å²) in [6.07, 6.45) is 5.37. The second kappa shape index (κ2) is 6.75. The summed E-state index contributed by atoms with van der Waals surface area (Å²) in [7, 11) is 1.70. The molecule has 0 saturated carbocycles. The van der Waals surface area contributed by atoms with Gasteiger partial charge >= 0.3 is 0 Å². The summed E-state index contributed by atoms with van der Waals surface area (Å²) in [6, 6.07) is 8.29. The van der Waals surface area contributed by atoms with E-state index in [4.69, 9.17) is 4.74 Å². The van der Waals surface area contributed by atoms with Gasteiger partial charge in [-0.25, -0.2) is 0 Å². The molecule has 1 aromatic heterocycles. The number of rotatable bonds is 5. The molecule has 0 aliphatic carbocycles. The van der Waals surface area contributed by atoms with E-state index in [0.29, 0.717) is 11.3 Å². The van der Waals surface area contributed by atoms with Crippen LogP contribution in [0, 0.1) is 5.92 Å². The Bertz CT molecular complexity index is 637. The molecule has 0 radical (unpaired) electrons. The highest BCUT2D eigenvalue weighted by atomic mass is 32.2. The van der Waals surface area contributed by atoms with Gasteiger partial charge in [-0.05, 0) is 30.2 Å². The third-order valence-electron chi connectivity index (χ3n) is 3.95. The van der Waals surface area contributed by atoms with E-state index < -0.39 is 0 Å². The molecular weight excluding hydrogens is 312 g/mol. The number of ether oxygens (including phenoxy) is 1. The average molecular weight is 332 g/mol. The summed E-state index contributed by atoms with van der Waals surface area (Å²) in [5.74, 6) is 1.50. The maximum atomic E-state index is 5.26. The van der Waals surface area contributed by atoms with Crippen LogP contribution in [0.25, 0.3) is 4.91 Å². The largest absolute Gasteiger partial charge is 0.497 e. The lowest BCUT2D eigenvalue weighted by Gasteiger charge is -2.29. The second-order valence-electron chi connectivity index (χ2n) is 5.36. The van der Waals surface area contributed by atoms with E-state index in [0.717, 1.165) is 12.2 Å². The fourth-order valence-electron chi connectivity index (χ4n) is 2.44.